The number of anilines is 1. The van der Waals surface area contributed by atoms with Gasteiger partial charge in [-0.05, 0) is 18.2 Å². The zero-order valence-corrected chi connectivity index (χ0v) is 16.4. The van der Waals surface area contributed by atoms with Gasteiger partial charge in [0.05, 0.1) is 36.5 Å². The maximum absolute atomic E-state index is 5.97. The highest BCUT2D eigenvalue weighted by molar-refractivity contribution is 6.42. The number of benzene rings is 1. The molecule has 0 saturated carbocycles. The minimum atomic E-state index is 0.451. The van der Waals surface area contributed by atoms with Crippen molar-refractivity contribution in [2.75, 3.05) is 65.0 Å². The summed E-state index contributed by atoms with van der Waals surface area (Å²) in [6.07, 6.45) is 3.48. The Morgan fingerprint density at radius 1 is 1.23 bits per heavy atom. The van der Waals surface area contributed by atoms with Crippen LogP contribution < -0.4 is 5.32 Å². The second kappa shape index (κ2) is 12.1. The summed E-state index contributed by atoms with van der Waals surface area (Å²) in [5, 5.41) is 4.12. The van der Waals surface area contributed by atoms with Crippen LogP contribution in [-0.4, -0.2) is 70.5 Å². The number of ether oxygens (including phenoxy) is 3. The van der Waals surface area contributed by atoms with Crippen molar-refractivity contribution in [3.63, 3.8) is 0 Å². The fourth-order valence-electron chi connectivity index (χ4n) is 2.31. The Bertz CT molecular complexity index is 605. The molecule has 6 nitrogen and oxygen atoms in total. The molecule has 1 N–H and O–H groups in total. The number of nitrogens with zero attached hydrogens (tertiary/aromatic N) is 2. The van der Waals surface area contributed by atoms with Crippen LogP contribution in [0, 0.1) is 0 Å². The van der Waals surface area contributed by atoms with E-state index in [0.29, 0.717) is 35.8 Å². The SMILES string of the molecule is CN=C(/C=C\Nc1ccc(Cl)c(Cl)c1)OCCOCCN1CCOCC1. The van der Waals surface area contributed by atoms with Gasteiger partial charge >= 0.3 is 0 Å². The molecular formula is C18H25Cl2N3O3. The Kier molecular flexibility index (Phi) is 9.81. The molecule has 1 aliphatic heterocycles. The Morgan fingerprint density at radius 2 is 2.04 bits per heavy atom. The van der Waals surface area contributed by atoms with Crippen LogP contribution in [0.15, 0.2) is 35.5 Å². The van der Waals surface area contributed by atoms with E-state index in [-0.39, 0.29) is 0 Å². The molecule has 1 aromatic rings. The minimum Gasteiger partial charge on any atom is -0.475 e. The average Bonchev–Trinajstić information content (AvgIpc) is 2.66. The molecule has 8 heteroatoms. The highest BCUT2D eigenvalue weighted by Gasteiger charge is 2.09. The van der Waals surface area contributed by atoms with E-state index in [1.807, 2.05) is 6.07 Å². The van der Waals surface area contributed by atoms with E-state index in [9.17, 15) is 0 Å². The summed E-state index contributed by atoms with van der Waals surface area (Å²) in [6.45, 7) is 6.16. The fourth-order valence-corrected chi connectivity index (χ4v) is 2.61. The quantitative estimate of drug-likeness (QED) is 0.390. The van der Waals surface area contributed by atoms with E-state index in [2.05, 4.69) is 15.2 Å². The summed E-state index contributed by atoms with van der Waals surface area (Å²) in [4.78, 5) is 6.42. The fraction of sp³-hybridized carbons (Fsp3) is 0.500. The first-order chi connectivity index (χ1) is 12.7. The molecule has 0 unspecified atom stereocenters. The topological polar surface area (TPSA) is 55.3 Å². The van der Waals surface area contributed by atoms with Gasteiger partial charge in [0.2, 0.25) is 5.90 Å². The highest BCUT2D eigenvalue weighted by Crippen LogP contribution is 2.24. The number of hydrogen-bond donors (Lipinski definition) is 1. The van der Waals surface area contributed by atoms with Crippen LogP contribution in [0.25, 0.3) is 0 Å². The van der Waals surface area contributed by atoms with Crippen LogP contribution in [-0.2, 0) is 14.2 Å². The van der Waals surface area contributed by atoms with E-state index < -0.39 is 0 Å². The van der Waals surface area contributed by atoms with Gasteiger partial charge in [0.15, 0.2) is 0 Å². The smallest absolute Gasteiger partial charge is 0.209 e. The summed E-state index contributed by atoms with van der Waals surface area (Å²) in [5.74, 6) is 0.523. The third-order valence-electron chi connectivity index (χ3n) is 3.75. The van der Waals surface area contributed by atoms with Crippen LogP contribution in [0.1, 0.15) is 0 Å². The van der Waals surface area contributed by atoms with Crippen molar-refractivity contribution in [1.82, 2.24) is 4.90 Å². The second-order valence-corrected chi connectivity index (χ2v) is 6.40. The van der Waals surface area contributed by atoms with E-state index in [1.54, 1.807) is 31.5 Å². The van der Waals surface area contributed by atoms with Crippen molar-refractivity contribution in [3.8, 4) is 0 Å². The summed E-state index contributed by atoms with van der Waals surface area (Å²) in [6, 6.07) is 5.32. The molecule has 26 heavy (non-hydrogen) atoms. The molecule has 0 amide bonds. The first-order valence-electron chi connectivity index (χ1n) is 8.54. The maximum Gasteiger partial charge on any atom is 0.209 e. The molecule has 144 valence electrons. The van der Waals surface area contributed by atoms with Crippen molar-refractivity contribution in [2.45, 2.75) is 0 Å². The molecule has 2 rings (SSSR count). The minimum absolute atomic E-state index is 0.451. The van der Waals surface area contributed by atoms with Gasteiger partial charge in [-0.25, -0.2) is 0 Å². The molecule has 1 aliphatic rings. The first kappa shape index (κ1) is 21.0. The summed E-state index contributed by atoms with van der Waals surface area (Å²) >= 11 is 11.9. The first-order valence-corrected chi connectivity index (χ1v) is 9.30. The predicted octanol–water partition coefficient (Wildman–Crippen LogP) is 3.31. The van der Waals surface area contributed by atoms with Gasteiger partial charge in [-0.15, -0.1) is 0 Å². The lowest BCUT2D eigenvalue weighted by atomic mass is 10.3. The number of rotatable bonds is 9. The molecule has 1 saturated heterocycles. The Balaban J connectivity index is 1.58. The second-order valence-electron chi connectivity index (χ2n) is 5.58. The molecular weight excluding hydrogens is 377 g/mol. The van der Waals surface area contributed by atoms with Gasteiger partial charge in [0, 0.05) is 44.6 Å². The van der Waals surface area contributed by atoms with Gasteiger partial charge in [-0.1, -0.05) is 23.2 Å². The van der Waals surface area contributed by atoms with Gasteiger partial charge in [-0.2, -0.15) is 0 Å². The molecule has 1 aromatic carbocycles. The van der Waals surface area contributed by atoms with Crippen LogP contribution in [0.5, 0.6) is 0 Å². The molecule has 1 heterocycles. The van der Waals surface area contributed by atoms with Crippen LogP contribution in [0.4, 0.5) is 5.69 Å². The zero-order chi connectivity index (χ0) is 18.6. The number of morpholine rings is 1. The van der Waals surface area contributed by atoms with Crippen LogP contribution >= 0.6 is 23.2 Å². The molecule has 0 bridgehead atoms. The van der Waals surface area contributed by atoms with Crippen LogP contribution in [0.3, 0.4) is 0 Å². The van der Waals surface area contributed by atoms with Crippen molar-refractivity contribution in [2.24, 2.45) is 4.99 Å². The summed E-state index contributed by atoms with van der Waals surface area (Å²) in [5.41, 5.74) is 0.831. The van der Waals surface area contributed by atoms with Crippen molar-refractivity contribution >= 4 is 34.8 Å². The molecule has 0 atom stereocenters. The van der Waals surface area contributed by atoms with Gasteiger partial charge in [0.1, 0.15) is 6.61 Å². The molecule has 0 spiro atoms. The van der Waals surface area contributed by atoms with E-state index in [0.717, 1.165) is 38.5 Å². The van der Waals surface area contributed by atoms with E-state index >= 15 is 0 Å². The molecule has 1 fully saturated rings. The number of halogens is 2. The van der Waals surface area contributed by atoms with Gasteiger partial charge < -0.3 is 19.5 Å². The number of hydrogen-bond acceptors (Lipinski definition) is 6. The largest absolute Gasteiger partial charge is 0.475 e. The zero-order valence-electron chi connectivity index (χ0n) is 14.9. The van der Waals surface area contributed by atoms with Crippen LogP contribution in [0.2, 0.25) is 10.0 Å². The number of aliphatic imine (C=N–C) groups is 1. The lowest BCUT2D eigenvalue weighted by Crippen LogP contribution is -2.38. The maximum atomic E-state index is 5.97. The molecule has 0 aromatic heterocycles. The third kappa shape index (κ3) is 7.93. The van der Waals surface area contributed by atoms with Crippen molar-refractivity contribution in [3.05, 3.63) is 40.5 Å². The normalized spacial score (nSPS) is 16.2. The van der Waals surface area contributed by atoms with E-state index in [4.69, 9.17) is 37.4 Å². The Morgan fingerprint density at radius 3 is 2.77 bits per heavy atom. The lowest BCUT2D eigenvalue weighted by molar-refractivity contribution is 0.0166. The molecule has 0 radical (unpaired) electrons. The Hall–Kier alpha value is -1.31. The Labute approximate surface area is 164 Å². The average molecular weight is 402 g/mol. The summed E-state index contributed by atoms with van der Waals surface area (Å²) in [7, 11) is 1.68. The highest BCUT2D eigenvalue weighted by atomic mass is 35.5. The summed E-state index contributed by atoms with van der Waals surface area (Å²) < 4.78 is 16.5. The molecule has 0 aliphatic carbocycles. The van der Waals surface area contributed by atoms with Gasteiger partial charge in [0.25, 0.3) is 0 Å². The van der Waals surface area contributed by atoms with Crippen molar-refractivity contribution < 1.29 is 14.2 Å². The monoisotopic (exact) mass is 401 g/mol. The predicted molar refractivity (Wildman–Crippen MR) is 107 cm³/mol. The van der Waals surface area contributed by atoms with E-state index in [1.165, 1.54) is 0 Å². The third-order valence-corrected chi connectivity index (χ3v) is 4.49. The lowest BCUT2D eigenvalue weighted by Gasteiger charge is -2.26. The van der Waals surface area contributed by atoms with Gasteiger partial charge in [-0.3, -0.25) is 9.89 Å². The standard InChI is InChI=1S/C18H25Cl2N3O3/c1-21-18(4-5-22-15-2-3-16(19)17(20)14-15)26-13-12-25-11-8-23-6-9-24-10-7-23/h2-5,14,22H,6-13H2,1H3/b5-4-,21-18?. The number of nitrogens with one attached hydrogen (secondary N) is 1. The van der Waals surface area contributed by atoms with Crippen molar-refractivity contribution in [1.29, 1.82) is 0 Å².